The number of carbonyl (C=O) groups excluding carboxylic acids is 1. The largest absolute Gasteiger partial charge is 0.308 e. The van der Waals surface area contributed by atoms with Crippen LogP contribution in [0, 0.1) is 5.92 Å². The van der Waals surface area contributed by atoms with E-state index in [4.69, 9.17) is 23.2 Å². The summed E-state index contributed by atoms with van der Waals surface area (Å²) in [5, 5.41) is 12.0. The lowest BCUT2D eigenvalue weighted by Gasteiger charge is -2.30. The van der Waals surface area contributed by atoms with Gasteiger partial charge in [-0.3, -0.25) is 14.2 Å². The van der Waals surface area contributed by atoms with Gasteiger partial charge in [0.05, 0.1) is 18.7 Å². The first kappa shape index (κ1) is 22.8. The van der Waals surface area contributed by atoms with Crippen molar-refractivity contribution in [3.05, 3.63) is 58.5 Å². The SMILES string of the molecule is Cn1cc(S(=O)(=O)N2CCC[C@H](C(=O)Nc3nn(Cc4ccc(Cl)cc4)cc3Cl)C2)cn1. The van der Waals surface area contributed by atoms with Crippen molar-refractivity contribution in [3.8, 4) is 0 Å². The number of rotatable bonds is 6. The van der Waals surface area contributed by atoms with E-state index in [1.807, 2.05) is 12.1 Å². The van der Waals surface area contributed by atoms with Gasteiger partial charge in [-0.25, -0.2) is 8.42 Å². The third-order valence-electron chi connectivity index (χ3n) is 5.29. The Hall–Kier alpha value is -2.40. The molecule has 1 N–H and O–H groups in total. The molecule has 0 radical (unpaired) electrons. The number of sulfonamides is 1. The summed E-state index contributed by atoms with van der Waals surface area (Å²) in [6, 6.07) is 7.35. The standard InChI is InChI=1S/C20H22Cl2N6O3S/c1-26-12-17(9-23-26)32(30,31)28-8-2-3-15(11-28)20(29)24-19-18(22)13-27(25-19)10-14-4-6-16(21)7-5-14/h4-7,9,12-13,15H,2-3,8,10-11H2,1H3,(H,24,25,29)/t15-/m0/s1. The molecule has 1 amide bonds. The summed E-state index contributed by atoms with van der Waals surface area (Å²) < 4.78 is 30.1. The molecular formula is C20H22Cl2N6O3S. The minimum absolute atomic E-state index is 0.0894. The zero-order valence-corrected chi connectivity index (χ0v) is 19.6. The molecule has 9 nitrogen and oxygen atoms in total. The summed E-state index contributed by atoms with van der Waals surface area (Å²) in [6.45, 7) is 0.914. The molecule has 3 aromatic rings. The van der Waals surface area contributed by atoms with E-state index < -0.39 is 15.9 Å². The fourth-order valence-corrected chi connectivity index (χ4v) is 5.45. The fraction of sp³-hybridized carbons (Fsp3) is 0.350. The van der Waals surface area contributed by atoms with E-state index in [9.17, 15) is 13.2 Å². The molecule has 1 aromatic carbocycles. The van der Waals surface area contributed by atoms with Crippen molar-refractivity contribution in [3.63, 3.8) is 0 Å². The Bertz CT molecular complexity index is 1220. The number of amides is 1. The van der Waals surface area contributed by atoms with E-state index in [2.05, 4.69) is 15.5 Å². The van der Waals surface area contributed by atoms with E-state index in [1.54, 1.807) is 30.1 Å². The number of anilines is 1. The minimum atomic E-state index is -3.71. The van der Waals surface area contributed by atoms with E-state index in [1.165, 1.54) is 21.4 Å². The second-order valence-electron chi connectivity index (χ2n) is 7.69. The smallest absolute Gasteiger partial charge is 0.246 e. The van der Waals surface area contributed by atoms with Crippen molar-refractivity contribution < 1.29 is 13.2 Å². The zero-order valence-electron chi connectivity index (χ0n) is 17.3. The van der Waals surface area contributed by atoms with Gasteiger partial charge < -0.3 is 5.32 Å². The van der Waals surface area contributed by atoms with Gasteiger partial charge in [0.2, 0.25) is 15.9 Å². The molecule has 0 unspecified atom stereocenters. The van der Waals surface area contributed by atoms with Crippen LogP contribution in [-0.2, 0) is 28.4 Å². The lowest BCUT2D eigenvalue weighted by Crippen LogP contribution is -2.43. The number of halogens is 2. The predicted octanol–water partition coefficient (Wildman–Crippen LogP) is 3.01. The van der Waals surface area contributed by atoms with Crippen molar-refractivity contribution in [1.82, 2.24) is 23.9 Å². The van der Waals surface area contributed by atoms with Crippen molar-refractivity contribution in [1.29, 1.82) is 0 Å². The van der Waals surface area contributed by atoms with Crippen LogP contribution in [0.15, 0.2) is 47.8 Å². The Balaban J connectivity index is 1.42. The highest BCUT2D eigenvalue weighted by Gasteiger charge is 2.34. The molecule has 1 aliphatic rings. The minimum Gasteiger partial charge on any atom is -0.308 e. The van der Waals surface area contributed by atoms with Crippen molar-refractivity contribution in [2.24, 2.45) is 13.0 Å². The molecule has 0 aliphatic carbocycles. The molecule has 0 bridgehead atoms. The number of aryl methyl sites for hydroxylation is 1. The number of hydrogen-bond donors (Lipinski definition) is 1. The Morgan fingerprint density at radius 3 is 2.66 bits per heavy atom. The first-order valence-electron chi connectivity index (χ1n) is 9.99. The number of nitrogens with zero attached hydrogens (tertiary/aromatic N) is 5. The number of piperidine rings is 1. The Morgan fingerprint density at radius 1 is 1.22 bits per heavy atom. The van der Waals surface area contributed by atoms with Crippen LogP contribution in [0.25, 0.3) is 0 Å². The van der Waals surface area contributed by atoms with Crippen LogP contribution in [-0.4, -0.2) is 51.3 Å². The average Bonchev–Trinajstić information content (AvgIpc) is 3.35. The number of nitrogens with one attached hydrogen (secondary N) is 1. The average molecular weight is 497 g/mol. The fourth-order valence-electron chi connectivity index (χ4n) is 3.61. The van der Waals surface area contributed by atoms with Crippen LogP contribution in [0.3, 0.4) is 0 Å². The summed E-state index contributed by atoms with van der Waals surface area (Å²) in [6.07, 6.45) is 5.55. The molecule has 0 spiro atoms. The maximum Gasteiger partial charge on any atom is 0.246 e. The molecule has 3 heterocycles. The van der Waals surface area contributed by atoms with Gasteiger partial charge in [-0.15, -0.1) is 0 Å². The van der Waals surface area contributed by atoms with E-state index in [-0.39, 0.29) is 23.2 Å². The van der Waals surface area contributed by atoms with Crippen LogP contribution < -0.4 is 5.32 Å². The molecule has 2 aromatic heterocycles. The number of benzene rings is 1. The maximum absolute atomic E-state index is 12.9. The van der Waals surface area contributed by atoms with Crippen LogP contribution in [0.1, 0.15) is 18.4 Å². The molecule has 4 rings (SSSR count). The maximum atomic E-state index is 12.9. The van der Waals surface area contributed by atoms with E-state index >= 15 is 0 Å². The Labute approximate surface area is 196 Å². The lowest BCUT2D eigenvalue weighted by atomic mass is 9.99. The summed E-state index contributed by atoms with van der Waals surface area (Å²) in [7, 11) is -2.05. The first-order chi connectivity index (χ1) is 15.2. The summed E-state index contributed by atoms with van der Waals surface area (Å²) in [4.78, 5) is 13.0. The quantitative estimate of drug-likeness (QED) is 0.564. The Kier molecular flexibility index (Phi) is 6.57. The van der Waals surface area contributed by atoms with Gasteiger partial charge in [-0.1, -0.05) is 35.3 Å². The van der Waals surface area contributed by atoms with Crippen molar-refractivity contribution >= 4 is 45.0 Å². The van der Waals surface area contributed by atoms with Crippen LogP contribution in [0.4, 0.5) is 5.82 Å². The highest BCUT2D eigenvalue weighted by molar-refractivity contribution is 7.89. The topological polar surface area (TPSA) is 102 Å². The third kappa shape index (κ3) is 4.98. The van der Waals surface area contributed by atoms with E-state index in [0.717, 1.165) is 5.56 Å². The molecule has 1 fully saturated rings. The molecule has 12 heteroatoms. The number of hydrogen-bond acceptors (Lipinski definition) is 5. The molecular weight excluding hydrogens is 475 g/mol. The van der Waals surface area contributed by atoms with Gasteiger partial charge in [0.25, 0.3) is 0 Å². The monoisotopic (exact) mass is 496 g/mol. The molecule has 1 saturated heterocycles. The second kappa shape index (κ2) is 9.22. The van der Waals surface area contributed by atoms with Crippen molar-refractivity contribution in [2.45, 2.75) is 24.3 Å². The van der Waals surface area contributed by atoms with Crippen LogP contribution >= 0.6 is 23.2 Å². The number of carbonyl (C=O) groups is 1. The van der Waals surface area contributed by atoms with Gasteiger partial charge in [-0.05, 0) is 30.5 Å². The second-order valence-corrected chi connectivity index (χ2v) is 10.5. The summed E-state index contributed by atoms with van der Waals surface area (Å²) in [5.74, 6) is -0.569. The molecule has 32 heavy (non-hydrogen) atoms. The summed E-state index contributed by atoms with van der Waals surface area (Å²) in [5.41, 5.74) is 0.981. The zero-order chi connectivity index (χ0) is 22.9. The summed E-state index contributed by atoms with van der Waals surface area (Å²) >= 11 is 12.2. The first-order valence-corrected chi connectivity index (χ1v) is 12.2. The van der Waals surface area contributed by atoms with Gasteiger partial charge in [0.1, 0.15) is 9.92 Å². The Morgan fingerprint density at radius 2 is 1.97 bits per heavy atom. The van der Waals surface area contributed by atoms with Gasteiger partial charge in [0.15, 0.2) is 5.82 Å². The lowest BCUT2D eigenvalue weighted by molar-refractivity contribution is -0.120. The highest BCUT2D eigenvalue weighted by Crippen LogP contribution is 2.26. The highest BCUT2D eigenvalue weighted by atomic mass is 35.5. The third-order valence-corrected chi connectivity index (χ3v) is 7.64. The molecule has 170 valence electrons. The molecule has 1 aliphatic heterocycles. The van der Waals surface area contributed by atoms with Crippen molar-refractivity contribution in [2.75, 3.05) is 18.4 Å². The van der Waals surface area contributed by atoms with Gasteiger partial charge in [0, 0.05) is 37.6 Å². The van der Waals surface area contributed by atoms with Crippen LogP contribution in [0.5, 0.6) is 0 Å². The van der Waals surface area contributed by atoms with Gasteiger partial charge in [-0.2, -0.15) is 14.5 Å². The van der Waals surface area contributed by atoms with Gasteiger partial charge >= 0.3 is 0 Å². The van der Waals surface area contributed by atoms with E-state index in [0.29, 0.717) is 36.0 Å². The number of aromatic nitrogens is 4. The normalized spacial score (nSPS) is 17.4. The molecule has 0 saturated carbocycles. The predicted molar refractivity (Wildman–Crippen MR) is 121 cm³/mol. The van der Waals surface area contributed by atoms with Crippen LogP contribution in [0.2, 0.25) is 10.0 Å². The molecule has 1 atom stereocenters.